The van der Waals surface area contributed by atoms with E-state index in [1.54, 1.807) is 11.3 Å². The summed E-state index contributed by atoms with van der Waals surface area (Å²) in [5.41, 5.74) is 7.35. The predicted molar refractivity (Wildman–Crippen MR) is 127 cm³/mol. The van der Waals surface area contributed by atoms with Gasteiger partial charge in [-0.05, 0) is 73.2 Å². The zero-order valence-corrected chi connectivity index (χ0v) is 17.5. The van der Waals surface area contributed by atoms with E-state index in [1.807, 2.05) is 0 Å². The molecule has 3 aromatic carbocycles. The van der Waals surface area contributed by atoms with Gasteiger partial charge in [-0.15, -0.1) is 11.3 Å². The summed E-state index contributed by atoms with van der Waals surface area (Å²) in [5, 5.41) is 1.63. The largest absolute Gasteiger partial charge is 0.289 e. The summed E-state index contributed by atoms with van der Waals surface area (Å²) in [7, 11) is 0. The standard InChI is InChI=1S/C27H22OS/c1-17-5-3-7-19(13-17)21-9-11-25-23(15-21)27(28)24-16-22(10-12-26(24)29-25)20-8-4-6-18(2)14-20/h3,5,7-16H,4,6H2,1-2H3. The zero-order valence-electron chi connectivity index (χ0n) is 16.7. The van der Waals surface area contributed by atoms with Gasteiger partial charge in [-0.25, -0.2) is 0 Å². The average Bonchev–Trinajstić information content (AvgIpc) is 2.73. The Bertz CT molecular complexity index is 1390. The number of hydrogen-bond donors (Lipinski definition) is 0. The summed E-state index contributed by atoms with van der Waals surface area (Å²) in [6, 6.07) is 21.0. The van der Waals surface area contributed by atoms with Gasteiger partial charge in [0.2, 0.25) is 0 Å². The molecule has 0 saturated heterocycles. The Morgan fingerprint density at radius 2 is 1.48 bits per heavy atom. The highest BCUT2D eigenvalue weighted by molar-refractivity contribution is 7.24. The van der Waals surface area contributed by atoms with Crippen molar-refractivity contribution in [2.75, 3.05) is 0 Å². The van der Waals surface area contributed by atoms with Crippen LogP contribution in [0, 0.1) is 6.92 Å². The third-order valence-corrected chi connectivity index (χ3v) is 6.81. The molecule has 0 fully saturated rings. The maximum Gasteiger partial charge on any atom is 0.195 e. The molecule has 0 amide bonds. The zero-order chi connectivity index (χ0) is 20.0. The molecule has 0 unspecified atom stereocenters. The van der Waals surface area contributed by atoms with E-state index in [0.717, 1.165) is 49.7 Å². The Labute approximate surface area is 174 Å². The Morgan fingerprint density at radius 1 is 0.793 bits per heavy atom. The molecule has 0 radical (unpaired) electrons. The van der Waals surface area contributed by atoms with Crippen LogP contribution in [0.4, 0.5) is 0 Å². The molecule has 4 aromatic rings. The van der Waals surface area contributed by atoms with Crippen LogP contribution < -0.4 is 5.43 Å². The Morgan fingerprint density at radius 3 is 2.21 bits per heavy atom. The lowest BCUT2D eigenvalue weighted by molar-refractivity contribution is 0.966. The molecule has 29 heavy (non-hydrogen) atoms. The normalized spacial score (nSPS) is 14.1. The van der Waals surface area contributed by atoms with E-state index >= 15 is 0 Å². The lowest BCUT2D eigenvalue weighted by Gasteiger charge is -2.12. The topological polar surface area (TPSA) is 17.1 Å². The van der Waals surface area contributed by atoms with Crippen molar-refractivity contribution in [3.63, 3.8) is 0 Å². The van der Waals surface area contributed by atoms with Gasteiger partial charge in [0, 0.05) is 20.2 Å². The van der Waals surface area contributed by atoms with Crippen molar-refractivity contribution < 1.29 is 0 Å². The van der Waals surface area contributed by atoms with Crippen molar-refractivity contribution in [2.45, 2.75) is 26.7 Å². The van der Waals surface area contributed by atoms with E-state index in [0.29, 0.717) is 0 Å². The van der Waals surface area contributed by atoms with Crippen LogP contribution >= 0.6 is 11.3 Å². The van der Waals surface area contributed by atoms with Crippen LogP contribution in [0.3, 0.4) is 0 Å². The second-order valence-corrected chi connectivity index (χ2v) is 9.00. The summed E-state index contributed by atoms with van der Waals surface area (Å²) in [4.78, 5) is 13.4. The van der Waals surface area contributed by atoms with Crippen LogP contribution in [-0.4, -0.2) is 0 Å². The SMILES string of the molecule is CC1=CC(c2ccc3sc4ccc(-c5cccc(C)c5)cc4c(=O)c3c2)=CCC1. The van der Waals surface area contributed by atoms with Gasteiger partial charge in [-0.3, -0.25) is 4.79 Å². The molecule has 0 bridgehead atoms. The Hall–Kier alpha value is -2.97. The molecule has 2 heteroatoms. The summed E-state index contributed by atoms with van der Waals surface area (Å²) < 4.78 is 2.09. The van der Waals surface area contributed by atoms with Crippen molar-refractivity contribution in [3.05, 3.63) is 99.7 Å². The van der Waals surface area contributed by atoms with Gasteiger partial charge in [-0.2, -0.15) is 0 Å². The molecule has 142 valence electrons. The first-order valence-electron chi connectivity index (χ1n) is 10.0. The molecule has 0 atom stereocenters. The fourth-order valence-electron chi connectivity index (χ4n) is 4.09. The first-order valence-corrected chi connectivity index (χ1v) is 10.9. The van der Waals surface area contributed by atoms with Gasteiger partial charge in [0.05, 0.1) is 0 Å². The first kappa shape index (κ1) is 18.1. The highest BCUT2D eigenvalue weighted by atomic mass is 32.1. The maximum atomic E-state index is 13.4. The first-order chi connectivity index (χ1) is 14.1. The molecule has 0 aliphatic heterocycles. The minimum atomic E-state index is 0.127. The van der Waals surface area contributed by atoms with Crippen molar-refractivity contribution in [3.8, 4) is 11.1 Å². The Kier molecular flexibility index (Phi) is 4.44. The molecule has 1 aromatic heterocycles. The third-order valence-electron chi connectivity index (χ3n) is 5.66. The molecule has 0 saturated carbocycles. The smallest absolute Gasteiger partial charge is 0.195 e. The monoisotopic (exact) mass is 394 g/mol. The summed E-state index contributed by atoms with van der Waals surface area (Å²) in [6.45, 7) is 4.27. The van der Waals surface area contributed by atoms with Gasteiger partial charge in [0.25, 0.3) is 0 Å². The van der Waals surface area contributed by atoms with Crippen LogP contribution in [0.2, 0.25) is 0 Å². The number of allylic oxidation sites excluding steroid dienone is 4. The second-order valence-electron chi connectivity index (χ2n) is 7.91. The molecular formula is C27H22OS. The quantitative estimate of drug-likeness (QED) is 0.321. The number of hydrogen-bond acceptors (Lipinski definition) is 2. The highest BCUT2D eigenvalue weighted by Gasteiger charge is 2.11. The lowest BCUT2D eigenvalue weighted by Crippen LogP contribution is -2.02. The van der Waals surface area contributed by atoms with E-state index in [4.69, 9.17) is 0 Å². The minimum absolute atomic E-state index is 0.127. The van der Waals surface area contributed by atoms with Crippen LogP contribution in [0.1, 0.15) is 30.9 Å². The molecule has 0 N–H and O–H groups in total. The van der Waals surface area contributed by atoms with E-state index < -0.39 is 0 Å². The van der Waals surface area contributed by atoms with Gasteiger partial charge < -0.3 is 0 Å². The molecule has 1 nitrogen and oxygen atoms in total. The van der Waals surface area contributed by atoms with E-state index in [1.165, 1.54) is 16.7 Å². The molecular weight excluding hydrogens is 372 g/mol. The fourth-order valence-corrected chi connectivity index (χ4v) is 5.13. The lowest BCUT2D eigenvalue weighted by atomic mass is 9.94. The van der Waals surface area contributed by atoms with Crippen molar-refractivity contribution in [1.29, 1.82) is 0 Å². The minimum Gasteiger partial charge on any atom is -0.289 e. The van der Waals surface area contributed by atoms with E-state index in [-0.39, 0.29) is 5.43 Å². The van der Waals surface area contributed by atoms with Gasteiger partial charge in [0.15, 0.2) is 5.43 Å². The molecule has 1 heterocycles. The van der Waals surface area contributed by atoms with E-state index in [2.05, 4.69) is 86.7 Å². The summed E-state index contributed by atoms with van der Waals surface area (Å²) in [6.07, 6.45) is 6.72. The van der Waals surface area contributed by atoms with Crippen LogP contribution in [0.25, 0.3) is 36.9 Å². The number of rotatable bonds is 2. The van der Waals surface area contributed by atoms with Gasteiger partial charge in [0.1, 0.15) is 0 Å². The van der Waals surface area contributed by atoms with Crippen LogP contribution in [0.5, 0.6) is 0 Å². The molecule has 0 spiro atoms. The molecule has 1 aliphatic carbocycles. The molecule has 5 rings (SSSR count). The van der Waals surface area contributed by atoms with E-state index in [9.17, 15) is 4.79 Å². The highest BCUT2D eigenvalue weighted by Crippen LogP contribution is 2.32. The van der Waals surface area contributed by atoms with Crippen molar-refractivity contribution in [1.82, 2.24) is 0 Å². The van der Waals surface area contributed by atoms with Gasteiger partial charge in [-0.1, -0.05) is 59.7 Å². The number of aryl methyl sites for hydroxylation is 1. The molecule has 1 aliphatic rings. The Balaban J connectivity index is 1.70. The predicted octanol–water partition coefficient (Wildman–Crippen LogP) is 7.51. The van der Waals surface area contributed by atoms with Crippen molar-refractivity contribution in [2.24, 2.45) is 0 Å². The average molecular weight is 395 g/mol. The maximum absolute atomic E-state index is 13.4. The summed E-state index contributed by atoms with van der Waals surface area (Å²) >= 11 is 1.69. The van der Waals surface area contributed by atoms with Crippen molar-refractivity contribution >= 4 is 37.1 Å². The second kappa shape index (κ2) is 7.13. The number of benzene rings is 3. The fraction of sp³-hybridized carbons (Fsp3) is 0.148. The summed E-state index contributed by atoms with van der Waals surface area (Å²) in [5.74, 6) is 0. The van der Waals surface area contributed by atoms with Gasteiger partial charge >= 0.3 is 0 Å². The third kappa shape index (κ3) is 3.34. The number of fused-ring (bicyclic) bond motifs is 2. The van der Waals surface area contributed by atoms with Crippen LogP contribution in [0.15, 0.2) is 83.2 Å². The van der Waals surface area contributed by atoms with Crippen LogP contribution in [-0.2, 0) is 0 Å².